The Balaban J connectivity index is 2.01. The smallest absolute Gasteiger partial charge is 0.446 e. The summed E-state index contributed by atoms with van der Waals surface area (Å²) in [7, 11) is 0. The van der Waals surface area contributed by atoms with Crippen LogP contribution in [0.25, 0.3) is 0 Å². The number of halogens is 3. The quantitative estimate of drug-likeness (QED) is 0.766. The first-order chi connectivity index (χ1) is 11.7. The van der Waals surface area contributed by atoms with Gasteiger partial charge >= 0.3 is 5.51 Å². The van der Waals surface area contributed by atoms with Gasteiger partial charge in [0.2, 0.25) is 5.88 Å². The van der Waals surface area contributed by atoms with E-state index in [9.17, 15) is 18.0 Å². The molecule has 0 atom stereocenters. The molecule has 2 rings (SSSR count). The molecule has 25 heavy (non-hydrogen) atoms. The minimum atomic E-state index is -4.45. The summed E-state index contributed by atoms with van der Waals surface area (Å²) in [6.07, 6.45) is 1.55. The predicted molar refractivity (Wildman–Crippen MR) is 89.5 cm³/mol. The van der Waals surface area contributed by atoms with E-state index in [2.05, 4.69) is 10.3 Å². The molecule has 0 bridgehead atoms. The second kappa shape index (κ2) is 8.24. The second-order valence-electron chi connectivity index (χ2n) is 5.40. The van der Waals surface area contributed by atoms with Crippen molar-refractivity contribution in [2.24, 2.45) is 0 Å². The lowest BCUT2D eigenvalue weighted by molar-refractivity contribution is -0.0328. The Morgan fingerprint density at radius 2 is 1.96 bits per heavy atom. The van der Waals surface area contributed by atoms with E-state index in [4.69, 9.17) is 4.74 Å². The van der Waals surface area contributed by atoms with E-state index in [0.717, 1.165) is 0 Å². The molecule has 0 unspecified atom stereocenters. The molecular formula is C17H17F3N2O2S. The lowest BCUT2D eigenvalue weighted by Gasteiger charge is -2.12. The molecule has 2 aromatic rings. The van der Waals surface area contributed by atoms with Gasteiger partial charge in [-0.2, -0.15) is 13.2 Å². The molecule has 0 saturated carbocycles. The minimum Gasteiger partial charge on any atom is -0.475 e. The summed E-state index contributed by atoms with van der Waals surface area (Å²) in [6.45, 7) is 3.91. The van der Waals surface area contributed by atoms with Crippen LogP contribution in [0.1, 0.15) is 29.8 Å². The van der Waals surface area contributed by atoms with E-state index in [1.54, 1.807) is 18.3 Å². The van der Waals surface area contributed by atoms with Crippen molar-refractivity contribution in [3.05, 3.63) is 53.7 Å². The van der Waals surface area contributed by atoms with E-state index < -0.39 is 11.4 Å². The van der Waals surface area contributed by atoms with E-state index in [1.165, 1.54) is 24.3 Å². The molecule has 1 aromatic carbocycles. The summed E-state index contributed by atoms with van der Waals surface area (Å²) in [4.78, 5) is 16.2. The van der Waals surface area contributed by atoms with Crippen LogP contribution in [0.15, 0.2) is 47.5 Å². The highest BCUT2D eigenvalue weighted by Gasteiger charge is 2.31. The molecule has 0 radical (unpaired) electrons. The number of carbonyl (C=O) groups is 1. The highest BCUT2D eigenvalue weighted by atomic mass is 32.2. The molecule has 0 aliphatic rings. The molecule has 134 valence electrons. The van der Waals surface area contributed by atoms with E-state index in [1.807, 2.05) is 13.8 Å². The third-order valence-electron chi connectivity index (χ3n) is 2.96. The Bertz CT molecular complexity index is 719. The summed E-state index contributed by atoms with van der Waals surface area (Å²) in [5.74, 6) is -0.105. The molecule has 1 heterocycles. The molecule has 1 amide bonds. The van der Waals surface area contributed by atoms with E-state index >= 15 is 0 Å². The van der Waals surface area contributed by atoms with Crippen molar-refractivity contribution in [2.45, 2.75) is 36.9 Å². The van der Waals surface area contributed by atoms with Crippen molar-refractivity contribution in [2.75, 3.05) is 0 Å². The molecule has 1 aromatic heterocycles. The van der Waals surface area contributed by atoms with Gasteiger partial charge in [-0.05, 0) is 43.3 Å². The third kappa shape index (κ3) is 6.30. The van der Waals surface area contributed by atoms with Gasteiger partial charge in [0, 0.05) is 23.7 Å². The fourth-order valence-electron chi connectivity index (χ4n) is 1.97. The second-order valence-corrected chi connectivity index (χ2v) is 6.50. The van der Waals surface area contributed by atoms with Crippen molar-refractivity contribution in [1.29, 1.82) is 0 Å². The van der Waals surface area contributed by atoms with Crippen LogP contribution in [0, 0.1) is 0 Å². The topological polar surface area (TPSA) is 51.2 Å². The molecular weight excluding hydrogens is 353 g/mol. The molecule has 0 spiro atoms. The summed E-state index contributed by atoms with van der Waals surface area (Å²) >= 11 is -0.305. The van der Waals surface area contributed by atoms with Gasteiger partial charge in [-0.15, -0.1) is 0 Å². The molecule has 0 aliphatic heterocycles. The van der Waals surface area contributed by atoms with Crippen LogP contribution >= 0.6 is 11.8 Å². The number of ether oxygens (including phenoxy) is 1. The summed E-state index contributed by atoms with van der Waals surface area (Å²) < 4.78 is 43.1. The molecule has 0 saturated heterocycles. The summed E-state index contributed by atoms with van der Waals surface area (Å²) in [5, 5.41) is 2.60. The number of carbonyl (C=O) groups excluding carboxylic acids is 1. The number of rotatable bonds is 6. The molecule has 0 fully saturated rings. The number of hydrogen-bond acceptors (Lipinski definition) is 4. The number of benzene rings is 1. The lowest BCUT2D eigenvalue weighted by Crippen LogP contribution is -2.23. The van der Waals surface area contributed by atoms with Crippen molar-refractivity contribution >= 4 is 17.7 Å². The number of nitrogens with zero attached hydrogens (tertiary/aromatic N) is 1. The first-order valence-electron chi connectivity index (χ1n) is 7.49. The highest BCUT2D eigenvalue weighted by Crippen LogP contribution is 2.38. The normalized spacial score (nSPS) is 11.4. The minimum absolute atomic E-state index is 0.000636. The highest BCUT2D eigenvalue weighted by molar-refractivity contribution is 8.00. The van der Waals surface area contributed by atoms with Gasteiger partial charge in [-0.1, -0.05) is 18.2 Å². The van der Waals surface area contributed by atoms with Crippen molar-refractivity contribution in [1.82, 2.24) is 10.3 Å². The Kier molecular flexibility index (Phi) is 6.30. The standard InChI is InChI=1S/C17H17F3N2O2S/c1-11(2)24-15-8-7-12(9-21-15)10-22-16(23)13-5-3-4-6-14(13)25-17(18,19)20/h3-9,11H,10H2,1-2H3,(H,22,23). The fraction of sp³-hybridized carbons (Fsp3) is 0.294. The van der Waals surface area contributed by atoms with Crippen LogP contribution in [-0.2, 0) is 6.54 Å². The van der Waals surface area contributed by atoms with Crippen LogP contribution in [-0.4, -0.2) is 22.5 Å². The van der Waals surface area contributed by atoms with Gasteiger partial charge < -0.3 is 10.1 Å². The number of nitrogens with one attached hydrogen (secondary N) is 1. The average Bonchev–Trinajstić information content (AvgIpc) is 2.52. The van der Waals surface area contributed by atoms with Crippen LogP contribution in [0.2, 0.25) is 0 Å². The predicted octanol–water partition coefficient (Wildman–Crippen LogP) is 4.41. The van der Waals surface area contributed by atoms with Gasteiger partial charge in [-0.3, -0.25) is 4.79 Å². The Labute approximate surface area is 147 Å². The maximum absolute atomic E-state index is 12.6. The number of amides is 1. The summed E-state index contributed by atoms with van der Waals surface area (Å²) in [6, 6.07) is 9.03. The Morgan fingerprint density at radius 1 is 1.24 bits per heavy atom. The van der Waals surface area contributed by atoms with Crippen molar-refractivity contribution < 1.29 is 22.7 Å². The molecule has 4 nitrogen and oxygen atoms in total. The van der Waals surface area contributed by atoms with Crippen LogP contribution < -0.4 is 10.1 Å². The van der Waals surface area contributed by atoms with Gasteiger partial charge in [-0.25, -0.2) is 4.98 Å². The van der Waals surface area contributed by atoms with Gasteiger partial charge in [0.1, 0.15) is 0 Å². The van der Waals surface area contributed by atoms with Crippen LogP contribution in [0.5, 0.6) is 5.88 Å². The monoisotopic (exact) mass is 370 g/mol. The zero-order valence-electron chi connectivity index (χ0n) is 13.6. The van der Waals surface area contributed by atoms with Gasteiger partial charge in [0.25, 0.3) is 5.91 Å². The maximum atomic E-state index is 12.6. The van der Waals surface area contributed by atoms with Crippen LogP contribution in [0.4, 0.5) is 13.2 Å². The Morgan fingerprint density at radius 3 is 2.56 bits per heavy atom. The number of thioether (sulfide) groups is 1. The first-order valence-corrected chi connectivity index (χ1v) is 8.31. The Hall–Kier alpha value is -2.22. The number of pyridine rings is 1. The summed E-state index contributed by atoms with van der Waals surface area (Å²) in [5.41, 5.74) is -3.75. The fourth-order valence-corrected chi connectivity index (χ4v) is 2.64. The molecule has 8 heteroatoms. The van der Waals surface area contributed by atoms with E-state index in [0.29, 0.717) is 11.4 Å². The number of aromatic nitrogens is 1. The SMILES string of the molecule is CC(C)Oc1ccc(CNC(=O)c2ccccc2SC(F)(F)F)cn1. The van der Waals surface area contributed by atoms with Crippen molar-refractivity contribution in [3.63, 3.8) is 0 Å². The number of alkyl halides is 3. The lowest BCUT2D eigenvalue weighted by atomic mass is 10.2. The largest absolute Gasteiger partial charge is 0.475 e. The zero-order valence-corrected chi connectivity index (χ0v) is 14.4. The molecule has 0 aliphatic carbocycles. The molecule has 1 N–H and O–H groups in total. The van der Waals surface area contributed by atoms with E-state index in [-0.39, 0.29) is 34.9 Å². The number of hydrogen-bond donors (Lipinski definition) is 1. The average molecular weight is 370 g/mol. The van der Waals surface area contributed by atoms with Crippen molar-refractivity contribution in [3.8, 4) is 5.88 Å². The third-order valence-corrected chi connectivity index (χ3v) is 3.77. The maximum Gasteiger partial charge on any atom is 0.446 e. The van der Waals surface area contributed by atoms with Gasteiger partial charge in [0.05, 0.1) is 11.7 Å². The zero-order chi connectivity index (χ0) is 18.4. The first kappa shape index (κ1) is 19.1. The van der Waals surface area contributed by atoms with Gasteiger partial charge in [0.15, 0.2) is 0 Å². The van der Waals surface area contributed by atoms with Crippen LogP contribution in [0.3, 0.4) is 0 Å².